The molecule has 0 radical (unpaired) electrons. The number of pyridine rings is 1. The number of nitrogens with zero attached hydrogens (tertiary/aromatic N) is 1. The van der Waals surface area contributed by atoms with Crippen LogP contribution in [0.25, 0.3) is 0 Å². The number of carbonyl (C=O) groups excluding carboxylic acids is 1. The highest BCUT2D eigenvalue weighted by molar-refractivity contribution is 5.78. The summed E-state index contributed by atoms with van der Waals surface area (Å²) < 4.78 is 5.43. The zero-order valence-corrected chi connectivity index (χ0v) is 11.5. The predicted molar refractivity (Wildman–Crippen MR) is 73.8 cm³/mol. The summed E-state index contributed by atoms with van der Waals surface area (Å²) in [5.74, 6) is 0.654. The van der Waals surface area contributed by atoms with Gasteiger partial charge in [-0.15, -0.1) is 0 Å². The Kier molecular flexibility index (Phi) is 5.33. The Morgan fingerprint density at radius 3 is 3.21 bits per heavy atom. The quantitative estimate of drug-likeness (QED) is 0.881. The van der Waals surface area contributed by atoms with Gasteiger partial charge in [0.1, 0.15) is 0 Å². The summed E-state index contributed by atoms with van der Waals surface area (Å²) in [4.78, 5) is 16.0. The van der Waals surface area contributed by atoms with E-state index in [4.69, 9.17) is 4.74 Å². The second kappa shape index (κ2) is 7.24. The average molecular weight is 262 g/mol. The molecule has 1 saturated heterocycles. The lowest BCUT2D eigenvalue weighted by molar-refractivity contribution is -0.120. The van der Waals surface area contributed by atoms with Crippen molar-refractivity contribution in [1.82, 2.24) is 10.3 Å². The smallest absolute Gasteiger partial charge is 0.226 e. The molecule has 0 spiro atoms. The maximum Gasteiger partial charge on any atom is 0.226 e. The first-order valence-corrected chi connectivity index (χ1v) is 7.00. The molecule has 0 unspecified atom stereocenters. The van der Waals surface area contributed by atoms with Crippen LogP contribution >= 0.6 is 0 Å². The van der Waals surface area contributed by atoms with E-state index in [9.17, 15) is 4.79 Å². The second-order valence-electron chi connectivity index (χ2n) is 5.22. The monoisotopic (exact) mass is 262 g/mol. The first kappa shape index (κ1) is 14.0. The van der Waals surface area contributed by atoms with Gasteiger partial charge in [-0.3, -0.25) is 9.78 Å². The number of hydrogen-bond acceptors (Lipinski definition) is 3. The fourth-order valence-electron chi connectivity index (χ4n) is 2.37. The van der Waals surface area contributed by atoms with Crippen LogP contribution in [0.4, 0.5) is 0 Å². The average Bonchev–Trinajstić information content (AvgIpc) is 2.40. The normalized spacial score (nSPS) is 19.1. The summed E-state index contributed by atoms with van der Waals surface area (Å²) in [6, 6.07) is 3.89. The molecule has 19 heavy (non-hydrogen) atoms. The molecule has 2 rings (SSSR count). The van der Waals surface area contributed by atoms with E-state index in [0.29, 0.717) is 12.3 Å². The number of aryl methyl sites for hydroxylation is 1. The Balaban J connectivity index is 1.67. The van der Waals surface area contributed by atoms with Crippen molar-refractivity contribution in [3.05, 3.63) is 29.6 Å². The molecule has 1 aliphatic rings. The topological polar surface area (TPSA) is 51.2 Å². The van der Waals surface area contributed by atoms with Crippen molar-refractivity contribution < 1.29 is 9.53 Å². The minimum atomic E-state index is 0.0508. The summed E-state index contributed by atoms with van der Waals surface area (Å²) >= 11 is 0. The Hall–Kier alpha value is -1.42. The number of amides is 1. The van der Waals surface area contributed by atoms with Crippen molar-refractivity contribution >= 4 is 5.91 Å². The van der Waals surface area contributed by atoms with Crippen LogP contribution in [-0.4, -0.2) is 30.6 Å². The number of aromatic nitrogens is 1. The van der Waals surface area contributed by atoms with Crippen LogP contribution in [0.1, 0.15) is 30.5 Å². The molecule has 1 fully saturated rings. The van der Waals surface area contributed by atoms with Gasteiger partial charge in [0.2, 0.25) is 5.91 Å². The van der Waals surface area contributed by atoms with Gasteiger partial charge >= 0.3 is 0 Å². The van der Waals surface area contributed by atoms with Crippen LogP contribution in [0.15, 0.2) is 18.3 Å². The minimum absolute atomic E-state index is 0.0508. The van der Waals surface area contributed by atoms with Gasteiger partial charge in [0, 0.05) is 31.6 Å². The van der Waals surface area contributed by atoms with E-state index in [0.717, 1.165) is 43.9 Å². The van der Waals surface area contributed by atoms with Gasteiger partial charge < -0.3 is 10.1 Å². The summed E-state index contributed by atoms with van der Waals surface area (Å²) in [6.07, 6.45) is 5.48. The van der Waals surface area contributed by atoms with E-state index < -0.39 is 0 Å². The maximum atomic E-state index is 11.8. The minimum Gasteiger partial charge on any atom is -0.381 e. The number of ether oxygens (including phenoxy) is 1. The van der Waals surface area contributed by atoms with Crippen LogP contribution in [0.3, 0.4) is 0 Å². The van der Waals surface area contributed by atoms with Crippen LogP contribution in [0.5, 0.6) is 0 Å². The Labute approximate surface area is 114 Å². The van der Waals surface area contributed by atoms with Crippen molar-refractivity contribution in [2.75, 3.05) is 19.8 Å². The van der Waals surface area contributed by atoms with Crippen LogP contribution in [0, 0.1) is 12.8 Å². The first-order valence-electron chi connectivity index (χ1n) is 7.00. The molecular weight excluding hydrogens is 240 g/mol. The number of rotatable bonds is 5. The molecule has 0 aliphatic carbocycles. The molecule has 1 aliphatic heterocycles. The summed E-state index contributed by atoms with van der Waals surface area (Å²) in [6.45, 7) is 4.47. The van der Waals surface area contributed by atoms with Gasteiger partial charge in [-0.2, -0.15) is 0 Å². The highest BCUT2D eigenvalue weighted by atomic mass is 16.5. The first-order chi connectivity index (χ1) is 9.24. The fraction of sp³-hybridized carbons (Fsp3) is 0.600. The Morgan fingerprint density at radius 2 is 2.47 bits per heavy atom. The van der Waals surface area contributed by atoms with E-state index in [1.165, 1.54) is 6.42 Å². The highest BCUT2D eigenvalue weighted by Gasteiger charge is 2.13. The van der Waals surface area contributed by atoms with Crippen molar-refractivity contribution in [1.29, 1.82) is 0 Å². The molecule has 104 valence electrons. The van der Waals surface area contributed by atoms with Crippen molar-refractivity contribution in [2.24, 2.45) is 5.92 Å². The van der Waals surface area contributed by atoms with Crippen molar-refractivity contribution in [3.8, 4) is 0 Å². The summed E-state index contributed by atoms with van der Waals surface area (Å²) in [5.41, 5.74) is 1.97. The number of nitrogens with one attached hydrogen (secondary N) is 1. The zero-order valence-electron chi connectivity index (χ0n) is 11.5. The zero-order chi connectivity index (χ0) is 13.5. The summed E-state index contributed by atoms with van der Waals surface area (Å²) in [7, 11) is 0. The lowest BCUT2D eigenvalue weighted by Crippen LogP contribution is -2.29. The number of hydrogen-bond donors (Lipinski definition) is 1. The van der Waals surface area contributed by atoms with Gasteiger partial charge in [0.15, 0.2) is 0 Å². The third-order valence-electron chi connectivity index (χ3n) is 3.44. The lowest BCUT2D eigenvalue weighted by atomic mass is 9.99. The van der Waals surface area contributed by atoms with Gasteiger partial charge in [-0.25, -0.2) is 0 Å². The molecule has 0 aromatic carbocycles. The largest absolute Gasteiger partial charge is 0.381 e. The fourth-order valence-corrected chi connectivity index (χ4v) is 2.37. The molecule has 2 heterocycles. The molecule has 1 N–H and O–H groups in total. The van der Waals surface area contributed by atoms with Crippen molar-refractivity contribution in [2.45, 2.75) is 32.6 Å². The SMILES string of the molecule is Cc1ccnc(CC(=O)NCC[C@H]2CCCOC2)c1. The van der Waals surface area contributed by atoms with Crippen LogP contribution in [0.2, 0.25) is 0 Å². The molecule has 1 atom stereocenters. The van der Waals surface area contributed by atoms with Gasteiger partial charge in [0.05, 0.1) is 6.42 Å². The lowest BCUT2D eigenvalue weighted by Gasteiger charge is -2.21. The van der Waals surface area contributed by atoms with E-state index in [1.807, 2.05) is 19.1 Å². The Morgan fingerprint density at radius 1 is 1.58 bits per heavy atom. The van der Waals surface area contributed by atoms with Crippen LogP contribution in [-0.2, 0) is 16.0 Å². The Bertz CT molecular complexity index is 414. The van der Waals surface area contributed by atoms with Gasteiger partial charge in [-0.05, 0) is 49.8 Å². The van der Waals surface area contributed by atoms with E-state index in [1.54, 1.807) is 6.20 Å². The van der Waals surface area contributed by atoms with E-state index in [2.05, 4.69) is 10.3 Å². The maximum absolute atomic E-state index is 11.8. The molecule has 1 aromatic heterocycles. The van der Waals surface area contributed by atoms with Crippen molar-refractivity contribution in [3.63, 3.8) is 0 Å². The van der Waals surface area contributed by atoms with Crippen LogP contribution < -0.4 is 5.32 Å². The van der Waals surface area contributed by atoms with Gasteiger partial charge in [0.25, 0.3) is 0 Å². The van der Waals surface area contributed by atoms with E-state index >= 15 is 0 Å². The molecule has 4 nitrogen and oxygen atoms in total. The van der Waals surface area contributed by atoms with E-state index in [-0.39, 0.29) is 5.91 Å². The molecule has 1 aromatic rings. The molecule has 0 bridgehead atoms. The molecule has 1 amide bonds. The molecule has 4 heteroatoms. The third kappa shape index (κ3) is 4.99. The highest BCUT2D eigenvalue weighted by Crippen LogP contribution is 2.16. The summed E-state index contributed by atoms with van der Waals surface area (Å²) in [5, 5.41) is 2.96. The number of carbonyl (C=O) groups is 1. The molecule has 0 saturated carbocycles. The molecular formula is C15H22N2O2. The second-order valence-corrected chi connectivity index (χ2v) is 5.22. The predicted octanol–water partition coefficient (Wildman–Crippen LogP) is 1.87. The standard InChI is InChI=1S/C15H22N2O2/c1-12-4-6-16-14(9-12)10-15(18)17-7-5-13-3-2-8-19-11-13/h4,6,9,13H,2-3,5,7-8,10-11H2,1H3,(H,17,18)/t13-/m1/s1. The van der Waals surface area contributed by atoms with Gasteiger partial charge in [-0.1, -0.05) is 0 Å². The third-order valence-corrected chi connectivity index (χ3v) is 3.44.